The first-order chi connectivity index (χ1) is 11.4. The highest BCUT2D eigenvalue weighted by Gasteiger charge is 2.18. The van der Waals surface area contributed by atoms with E-state index in [1.807, 2.05) is 30.3 Å². The van der Waals surface area contributed by atoms with Gasteiger partial charge in [-0.25, -0.2) is 9.97 Å². The van der Waals surface area contributed by atoms with Crippen molar-refractivity contribution in [3.8, 4) is 11.5 Å². The van der Waals surface area contributed by atoms with Crippen LogP contribution in [0.4, 0.5) is 5.95 Å². The zero-order chi connectivity index (χ0) is 15.9. The van der Waals surface area contributed by atoms with Gasteiger partial charge < -0.3 is 14.4 Å². The van der Waals surface area contributed by atoms with E-state index in [0.29, 0.717) is 6.61 Å². The maximum absolute atomic E-state index is 5.84. The Labute approximate surface area is 136 Å². The smallest absolute Gasteiger partial charge is 0.225 e. The van der Waals surface area contributed by atoms with E-state index in [4.69, 9.17) is 9.47 Å². The molecule has 1 aromatic heterocycles. The topological polar surface area (TPSA) is 50.7 Å². The standard InChI is InChI=1S/C17H22N4O2/c1-22-15-5-2-3-6-16(15)23-14-13-20-9-11-21(12-10-20)17-18-7-4-8-19-17/h2-8H,9-14H2,1H3. The van der Waals surface area contributed by atoms with Gasteiger partial charge in [-0.3, -0.25) is 4.90 Å². The monoisotopic (exact) mass is 314 g/mol. The number of para-hydroxylation sites is 2. The molecule has 6 heteroatoms. The van der Waals surface area contributed by atoms with E-state index >= 15 is 0 Å². The van der Waals surface area contributed by atoms with Crippen LogP contribution in [0.1, 0.15) is 0 Å². The van der Waals surface area contributed by atoms with Crippen molar-refractivity contribution in [1.29, 1.82) is 0 Å². The molecule has 0 aliphatic carbocycles. The van der Waals surface area contributed by atoms with Gasteiger partial charge in [-0.15, -0.1) is 0 Å². The Bertz CT molecular complexity index is 601. The molecule has 1 fully saturated rings. The number of rotatable bonds is 6. The molecule has 1 aliphatic heterocycles. The fourth-order valence-corrected chi connectivity index (χ4v) is 2.65. The predicted molar refractivity (Wildman–Crippen MR) is 89.2 cm³/mol. The average molecular weight is 314 g/mol. The molecule has 0 amide bonds. The Hall–Kier alpha value is -2.34. The zero-order valence-electron chi connectivity index (χ0n) is 13.4. The molecule has 0 saturated carbocycles. The van der Waals surface area contributed by atoms with Crippen molar-refractivity contribution in [2.45, 2.75) is 0 Å². The Morgan fingerprint density at radius 3 is 2.35 bits per heavy atom. The van der Waals surface area contributed by atoms with Crippen molar-refractivity contribution < 1.29 is 9.47 Å². The van der Waals surface area contributed by atoms with Crippen LogP contribution in [0.15, 0.2) is 42.7 Å². The van der Waals surface area contributed by atoms with Crippen molar-refractivity contribution in [1.82, 2.24) is 14.9 Å². The molecule has 1 saturated heterocycles. The van der Waals surface area contributed by atoms with Crippen molar-refractivity contribution in [3.05, 3.63) is 42.7 Å². The van der Waals surface area contributed by atoms with Crippen LogP contribution in [0.25, 0.3) is 0 Å². The van der Waals surface area contributed by atoms with E-state index in [0.717, 1.165) is 50.2 Å². The van der Waals surface area contributed by atoms with E-state index in [-0.39, 0.29) is 0 Å². The Morgan fingerprint density at radius 1 is 0.957 bits per heavy atom. The van der Waals surface area contributed by atoms with Gasteiger partial charge in [-0.1, -0.05) is 12.1 Å². The second kappa shape index (κ2) is 7.78. The second-order valence-electron chi connectivity index (χ2n) is 5.38. The number of ether oxygens (including phenoxy) is 2. The Morgan fingerprint density at radius 2 is 1.65 bits per heavy atom. The number of aromatic nitrogens is 2. The molecule has 2 aromatic rings. The van der Waals surface area contributed by atoms with Gasteiger partial charge in [0.25, 0.3) is 0 Å². The molecule has 0 radical (unpaired) electrons. The summed E-state index contributed by atoms with van der Waals surface area (Å²) in [5.74, 6) is 2.39. The van der Waals surface area contributed by atoms with Gasteiger partial charge in [0, 0.05) is 45.1 Å². The molecule has 3 rings (SSSR count). The molecule has 0 unspecified atom stereocenters. The minimum Gasteiger partial charge on any atom is -0.493 e. The summed E-state index contributed by atoms with van der Waals surface area (Å²) in [6.45, 7) is 5.43. The number of benzene rings is 1. The molecule has 23 heavy (non-hydrogen) atoms. The fraction of sp³-hybridized carbons (Fsp3) is 0.412. The van der Waals surface area contributed by atoms with Crippen LogP contribution in [-0.2, 0) is 0 Å². The molecule has 122 valence electrons. The highest BCUT2D eigenvalue weighted by Crippen LogP contribution is 2.25. The van der Waals surface area contributed by atoms with E-state index in [1.165, 1.54) is 0 Å². The van der Waals surface area contributed by atoms with Gasteiger partial charge in [0.05, 0.1) is 7.11 Å². The van der Waals surface area contributed by atoms with Crippen molar-refractivity contribution in [3.63, 3.8) is 0 Å². The molecule has 2 heterocycles. The molecular formula is C17H22N4O2. The van der Waals surface area contributed by atoms with Gasteiger partial charge in [-0.05, 0) is 18.2 Å². The molecule has 0 spiro atoms. The van der Waals surface area contributed by atoms with Gasteiger partial charge in [-0.2, -0.15) is 0 Å². The Kier molecular flexibility index (Phi) is 5.26. The van der Waals surface area contributed by atoms with Gasteiger partial charge in [0.2, 0.25) is 5.95 Å². The summed E-state index contributed by atoms with van der Waals surface area (Å²) in [6, 6.07) is 9.58. The van der Waals surface area contributed by atoms with E-state index in [2.05, 4.69) is 19.8 Å². The largest absolute Gasteiger partial charge is 0.493 e. The first kappa shape index (κ1) is 15.6. The summed E-state index contributed by atoms with van der Waals surface area (Å²) in [5, 5.41) is 0. The lowest BCUT2D eigenvalue weighted by Crippen LogP contribution is -2.48. The van der Waals surface area contributed by atoms with Gasteiger partial charge >= 0.3 is 0 Å². The van der Waals surface area contributed by atoms with Crippen LogP contribution in [-0.4, -0.2) is 61.3 Å². The summed E-state index contributed by atoms with van der Waals surface area (Å²) in [5.41, 5.74) is 0. The number of piperazine rings is 1. The lowest BCUT2D eigenvalue weighted by atomic mass is 10.3. The van der Waals surface area contributed by atoms with Crippen LogP contribution in [0.3, 0.4) is 0 Å². The van der Waals surface area contributed by atoms with Crippen molar-refractivity contribution in [2.24, 2.45) is 0 Å². The second-order valence-corrected chi connectivity index (χ2v) is 5.38. The summed E-state index contributed by atoms with van der Waals surface area (Å²) in [7, 11) is 1.66. The van der Waals surface area contributed by atoms with Crippen molar-refractivity contribution in [2.75, 3.05) is 51.3 Å². The fourth-order valence-electron chi connectivity index (χ4n) is 2.65. The highest BCUT2D eigenvalue weighted by atomic mass is 16.5. The third kappa shape index (κ3) is 4.10. The molecule has 0 atom stereocenters. The van der Waals surface area contributed by atoms with Crippen LogP contribution >= 0.6 is 0 Å². The number of hydrogen-bond donors (Lipinski definition) is 0. The first-order valence-electron chi connectivity index (χ1n) is 7.87. The lowest BCUT2D eigenvalue weighted by molar-refractivity contribution is 0.196. The number of methoxy groups -OCH3 is 1. The minimum atomic E-state index is 0.655. The highest BCUT2D eigenvalue weighted by molar-refractivity contribution is 5.39. The van der Waals surface area contributed by atoms with Crippen LogP contribution in [0.2, 0.25) is 0 Å². The molecule has 6 nitrogen and oxygen atoms in total. The first-order valence-corrected chi connectivity index (χ1v) is 7.87. The van der Waals surface area contributed by atoms with Crippen molar-refractivity contribution >= 4 is 5.95 Å². The van der Waals surface area contributed by atoms with Crippen LogP contribution < -0.4 is 14.4 Å². The van der Waals surface area contributed by atoms with E-state index in [9.17, 15) is 0 Å². The number of hydrogen-bond acceptors (Lipinski definition) is 6. The molecule has 1 aromatic carbocycles. The van der Waals surface area contributed by atoms with Crippen LogP contribution in [0.5, 0.6) is 11.5 Å². The Balaban J connectivity index is 1.43. The van der Waals surface area contributed by atoms with Gasteiger partial charge in [0.15, 0.2) is 11.5 Å². The third-order valence-corrected chi connectivity index (χ3v) is 3.94. The maximum Gasteiger partial charge on any atom is 0.225 e. The summed E-state index contributed by atoms with van der Waals surface area (Å²) < 4.78 is 11.1. The normalized spacial score (nSPS) is 15.4. The molecule has 0 bridgehead atoms. The SMILES string of the molecule is COc1ccccc1OCCN1CCN(c2ncccn2)CC1. The summed E-state index contributed by atoms with van der Waals surface area (Å²) in [6.07, 6.45) is 3.57. The molecular weight excluding hydrogens is 292 g/mol. The number of anilines is 1. The molecule has 1 aliphatic rings. The lowest BCUT2D eigenvalue weighted by Gasteiger charge is -2.34. The van der Waals surface area contributed by atoms with Gasteiger partial charge in [0.1, 0.15) is 6.61 Å². The average Bonchev–Trinajstić information content (AvgIpc) is 2.63. The maximum atomic E-state index is 5.84. The van der Waals surface area contributed by atoms with E-state index in [1.54, 1.807) is 19.5 Å². The quantitative estimate of drug-likeness (QED) is 0.809. The number of nitrogens with zero attached hydrogens (tertiary/aromatic N) is 4. The minimum absolute atomic E-state index is 0.655. The summed E-state index contributed by atoms with van der Waals surface area (Å²) >= 11 is 0. The zero-order valence-corrected chi connectivity index (χ0v) is 13.4. The third-order valence-electron chi connectivity index (χ3n) is 3.94. The van der Waals surface area contributed by atoms with Crippen LogP contribution in [0, 0.1) is 0 Å². The summed E-state index contributed by atoms with van der Waals surface area (Å²) in [4.78, 5) is 13.2. The molecule has 0 N–H and O–H groups in total. The predicted octanol–water partition coefficient (Wildman–Crippen LogP) is 1.69. The van der Waals surface area contributed by atoms with E-state index < -0.39 is 0 Å².